The number of hydrogen-bond donors (Lipinski definition) is 2. The van der Waals surface area contributed by atoms with Gasteiger partial charge in [0.15, 0.2) is 0 Å². The molecule has 7 heteroatoms. The Bertz CT molecular complexity index is 876. The van der Waals surface area contributed by atoms with Gasteiger partial charge >= 0.3 is 6.03 Å². The molecule has 0 saturated carbocycles. The van der Waals surface area contributed by atoms with E-state index in [1.807, 2.05) is 61.2 Å². The Labute approximate surface area is 171 Å². The van der Waals surface area contributed by atoms with Crippen molar-refractivity contribution in [2.45, 2.75) is 13.8 Å². The van der Waals surface area contributed by atoms with Crippen molar-refractivity contribution in [2.75, 3.05) is 50.1 Å². The second-order valence-corrected chi connectivity index (χ2v) is 7.26. The van der Waals surface area contributed by atoms with Crippen LogP contribution in [0.5, 0.6) is 5.75 Å². The zero-order chi connectivity index (χ0) is 20.8. The molecule has 2 aromatic carbocycles. The number of para-hydroxylation sites is 2. The average Bonchev–Trinajstić information content (AvgIpc) is 2.70. The Morgan fingerprint density at radius 2 is 1.76 bits per heavy atom. The molecule has 2 aromatic rings. The van der Waals surface area contributed by atoms with Gasteiger partial charge in [-0.15, -0.1) is 0 Å². The number of carbonyl (C=O) groups is 2. The van der Waals surface area contributed by atoms with E-state index in [1.54, 1.807) is 7.11 Å². The van der Waals surface area contributed by atoms with Crippen molar-refractivity contribution in [3.63, 3.8) is 0 Å². The number of rotatable bonds is 5. The molecule has 0 atom stereocenters. The molecule has 3 amide bonds. The quantitative estimate of drug-likeness (QED) is 0.813. The molecule has 0 spiro atoms. The number of nitrogens with one attached hydrogen (secondary N) is 2. The Hall–Kier alpha value is -3.06. The molecule has 3 rings (SSSR count). The van der Waals surface area contributed by atoms with Gasteiger partial charge in [-0.3, -0.25) is 15.0 Å². The van der Waals surface area contributed by atoms with E-state index in [4.69, 9.17) is 4.74 Å². The highest BCUT2D eigenvalue weighted by Crippen LogP contribution is 2.28. The van der Waals surface area contributed by atoms with E-state index in [0.717, 1.165) is 48.7 Å². The molecule has 0 radical (unpaired) electrons. The molecule has 0 bridgehead atoms. The molecule has 0 aliphatic carbocycles. The summed E-state index contributed by atoms with van der Waals surface area (Å²) in [6.45, 7) is 7.18. The molecule has 0 aromatic heterocycles. The lowest BCUT2D eigenvalue weighted by molar-refractivity contribution is -0.121. The fraction of sp³-hybridized carbons (Fsp3) is 0.364. The summed E-state index contributed by atoms with van der Waals surface area (Å²) in [6.07, 6.45) is 0. The molecule has 1 aliphatic heterocycles. The summed E-state index contributed by atoms with van der Waals surface area (Å²) in [5, 5.41) is 5.15. The van der Waals surface area contributed by atoms with Gasteiger partial charge in [-0.2, -0.15) is 0 Å². The molecule has 1 heterocycles. The zero-order valence-corrected chi connectivity index (χ0v) is 17.2. The highest BCUT2D eigenvalue weighted by atomic mass is 16.5. The Kier molecular flexibility index (Phi) is 6.72. The minimum Gasteiger partial charge on any atom is -0.495 e. The number of benzene rings is 2. The Morgan fingerprint density at radius 3 is 2.45 bits per heavy atom. The highest BCUT2D eigenvalue weighted by Gasteiger charge is 2.21. The van der Waals surface area contributed by atoms with Crippen molar-refractivity contribution in [3.05, 3.63) is 53.6 Å². The van der Waals surface area contributed by atoms with Crippen molar-refractivity contribution in [1.29, 1.82) is 0 Å². The van der Waals surface area contributed by atoms with Crippen LogP contribution in [0.3, 0.4) is 0 Å². The molecule has 0 unspecified atom stereocenters. The van der Waals surface area contributed by atoms with Crippen LogP contribution in [-0.4, -0.2) is 56.7 Å². The first-order chi connectivity index (χ1) is 14.0. The number of aryl methyl sites for hydroxylation is 2. The number of anilines is 2. The monoisotopic (exact) mass is 396 g/mol. The number of ether oxygens (including phenoxy) is 1. The molecule has 29 heavy (non-hydrogen) atoms. The topological polar surface area (TPSA) is 73.9 Å². The van der Waals surface area contributed by atoms with Crippen LogP contribution in [0.2, 0.25) is 0 Å². The minimum atomic E-state index is -0.505. The summed E-state index contributed by atoms with van der Waals surface area (Å²) in [7, 11) is 1.67. The van der Waals surface area contributed by atoms with E-state index in [1.165, 1.54) is 0 Å². The molecule has 1 fully saturated rings. The summed E-state index contributed by atoms with van der Waals surface area (Å²) in [4.78, 5) is 28.7. The normalized spacial score (nSPS) is 14.4. The van der Waals surface area contributed by atoms with Gasteiger partial charge in [0.05, 0.1) is 19.3 Å². The third-order valence-electron chi connectivity index (χ3n) is 5.05. The molecular formula is C22H28N4O3. The summed E-state index contributed by atoms with van der Waals surface area (Å²) < 4.78 is 5.43. The van der Waals surface area contributed by atoms with Crippen LogP contribution in [0.25, 0.3) is 0 Å². The van der Waals surface area contributed by atoms with E-state index in [2.05, 4.69) is 15.5 Å². The molecular weight excluding hydrogens is 368 g/mol. The maximum Gasteiger partial charge on any atom is 0.325 e. The van der Waals surface area contributed by atoms with Crippen LogP contribution in [0.4, 0.5) is 16.2 Å². The molecule has 154 valence electrons. The number of imide groups is 1. The molecule has 1 aliphatic rings. The fourth-order valence-electron chi connectivity index (χ4n) is 3.51. The number of piperazine rings is 1. The lowest BCUT2D eigenvalue weighted by Crippen LogP contribution is -2.50. The summed E-state index contributed by atoms with van der Waals surface area (Å²) in [6, 6.07) is 13.2. The fourth-order valence-corrected chi connectivity index (χ4v) is 3.51. The Morgan fingerprint density at radius 1 is 1.03 bits per heavy atom. The zero-order valence-electron chi connectivity index (χ0n) is 17.2. The SMILES string of the molecule is COc1ccccc1N1CCN(CC(=O)NC(=O)Nc2ccc(C)cc2C)CC1. The second-order valence-electron chi connectivity index (χ2n) is 7.26. The average molecular weight is 396 g/mol. The number of carbonyl (C=O) groups excluding carboxylic acids is 2. The van der Waals surface area contributed by atoms with E-state index in [0.29, 0.717) is 5.69 Å². The van der Waals surface area contributed by atoms with Gasteiger partial charge < -0.3 is 15.0 Å². The first-order valence-corrected chi connectivity index (χ1v) is 9.74. The summed E-state index contributed by atoms with van der Waals surface area (Å²) in [5.41, 5.74) is 3.84. The van der Waals surface area contributed by atoms with Crippen LogP contribution < -0.4 is 20.3 Å². The van der Waals surface area contributed by atoms with Gasteiger partial charge in [0.2, 0.25) is 5.91 Å². The van der Waals surface area contributed by atoms with Gasteiger partial charge in [0, 0.05) is 31.9 Å². The maximum atomic E-state index is 12.3. The number of nitrogens with zero attached hydrogens (tertiary/aromatic N) is 2. The van der Waals surface area contributed by atoms with Crippen molar-refractivity contribution < 1.29 is 14.3 Å². The van der Waals surface area contributed by atoms with Crippen molar-refractivity contribution >= 4 is 23.3 Å². The number of amides is 3. The predicted molar refractivity (Wildman–Crippen MR) is 115 cm³/mol. The number of hydrogen-bond acceptors (Lipinski definition) is 5. The maximum absolute atomic E-state index is 12.3. The largest absolute Gasteiger partial charge is 0.495 e. The number of urea groups is 1. The van der Waals surface area contributed by atoms with Crippen molar-refractivity contribution in [1.82, 2.24) is 10.2 Å². The second kappa shape index (κ2) is 9.43. The third-order valence-corrected chi connectivity index (χ3v) is 5.05. The standard InChI is InChI=1S/C22H28N4O3/c1-16-8-9-18(17(2)14-16)23-22(28)24-21(27)15-25-10-12-26(13-11-25)19-6-4-5-7-20(19)29-3/h4-9,14H,10-13,15H2,1-3H3,(H2,23,24,27,28). The van der Waals surface area contributed by atoms with Crippen LogP contribution in [0, 0.1) is 13.8 Å². The van der Waals surface area contributed by atoms with E-state index in [9.17, 15) is 9.59 Å². The van der Waals surface area contributed by atoms with Crippen LogP contribution in [-0.2, 0) is 4.79 Å². The Balaban J connectivity index is 1.46. The summed E-state index contributed by atoms with van der Waals surface area (Å²) >= 11 is 0. The molecule has 2 N–H and O–H groups in total. The van der Waals surface area contributed by atoms with Gasteiger partial charge in [-0.1, -0.05) is 29.8 Å². The van der Waals surface area contributed by atoms with Crippen molar-refractivity contribution in [2.24, 2.45) is 0 Å². The van der Waals surface area contributed by atoms with Crippen molar-refractivity contribution in [3.8, 4) is 5.75 Å². The third kappa shape index (κ3) is 5.48. The van der Waals surface area contributed by atoms with E-state index >= 15 is 0 Å². The van der Waals surface area contributed by atoms with Gasteiger partial charge in [0.25, 0.3) is 0 Å². The molecule has 1 saturated heterocycles. The first-order valence-electron chi connectivity index (χ1n) is 9.74. The number of methoxy groups -OCH3 is 1. The summed E-state index contributed by atoms with van der Waals surface area (Å²) in [5.74, 6) is 0.541. The first kappa shape index (κ1) is 20.7. The van der Waals surface area contributed by atoms with Gasteiger partial charge in [-0.25, -0.2) is 4.79 Å². The lowest BCUT2D eigenvalue weighted by Gasteiger charge is -2.36. The van der Waals surface area contributed by atoms with Crippen LogP contribution in [0.1, 0.15) is 11.1 Å². The van der Waals surface area contributed by atoms with Gasteiger partial charge in [-0.05, 0) is 37.6 Å². The lowest BCUT2D eigenvalue weighted by atomic mass is 10.1. The van der Waals surface area contributed by atoms with E-state index < -0.39 is 6.03 Å². The predicted octanol–water partition coefficient (Wildman–Crippen LogP) is 2.78. The molecule has 7 nitrogen and oxygen atoms in total. The smallest absolute Gasteiger partial charge is 0.325 e. The highest BCUT2D eigenvalue weighted by molar-refractivity contribution is 6.02. The minimum absolute atomic E-state index is 0.195. The van der Waals surface area contributed by atoms with Crippen LogP contribution >= 0.6 is 0 Å². The van der Waals surface area contributed by atoms with Gasteiger partial charge in [0.1, 0.15) is 5.75 Å². The van der Waals surface area contributed by atoms with Crippen LogP contribution in [0.15, 0.2) is 42.5 Å². The van der Waals surface area contributed by atoms with E-state index in [-0.39, 0.29) is 12.5 Å².